The van der Waals surface area contributed by atoms with E-state index in [1.165, 1.54) is 80.3 Å². The summed E-state index contributed by atoms with van der Waals surface area (Å²) in [5.41, 5.74) is 15.4. The molecule has 0 saturated heterocycles. The maximum atomic E-state index is 2.47. The number of hydrogen-bond donors (Lipinski definition) is 0. The summed E-state index contributed by atoms with van der Waals surface area (Å²) in [5, 5.41) is 0. The van der Waals surface area contributed by atoms with Crippen LogP contribution in [-0.4, -0.2) is 0 Å². The molecular formula is C54H54N2. The maximum absolute atomic E-state index is 2.47. The molecule has 2 heteroatoms. The molecule has 1 saturated carbocycles. The second-order valence-corrected chi connectivity index (χ2v) is 17.5. The van der Waals surface area contributed by atoms with Crippen molar-refractivity contribution in [2.75, 3.05) is 9.80 Å². The molecule has 3 aliphatic rings. The van der Waals surface area contributed by atoms with Gasteiger partial charge in [0, 0.05) is 27.6 Å². The number of hydrogen-bond acceptors (Lipinski definition) is 2. The Morgan fingerprint density at radius 1 is 0.393 bits per heavy atom. The quantitative estimate of drug-likeness (QED) is 0.157. The van der Waals surface area contributed by atoms with Crippen LogP contribution in [0.25, 0.3) is 0 Å². The largest absolute Gasteiger partial charge is 0.310 e. The van der Waals surface area contributed by atoms with Crippen molar-refractivity contribution in [1.82, 2.24) is 0 Å². The molecule has 0 unspecified atom stereocenters. The van der Waals surface area contributed by atoms with E-state index in [0.29, 0.717) is 5.41 Å². The van der Waals surface area contributed by atoms with Crippen LogP contribution in [0, 0.1) is 5.41 Å². The van der Waals surface area contributed by atoms with E-state index in [1.54, 1.807) is 0 Å². The molecule has 6 aromatic carbocycles. The fraction of sp³-hybridized carbons (Fsp3) is 0.259. The van der Waals surface area contributed by atoms with E-state index < -0.39 is 0 Å². The molecule has 1 aliphatic carbocycles. The summed E-state index contributed by atoms with van der Waals surface area (Å²) >= 11 is 0. The van der Waals surface area contributed by atoms with Gasteiger partial charge in [0.05, 0.1) is 22.7 Å². The highest BCUT2D eigenvalue weighted by Gasteiger charge is 2.43. The highest BCUT2D eigenvalue weighted by Crippen LogP contribution is 2.56. The molecule has 0 amide bonds. The van der Waals surface area contributed by atoms with Gasteiger partial charge in [-0.3, -0.25) is 0 Å². The number of fused-ring (bicyclic) bond motifs is 4. The van der Waals surface area contributed by atoms with Crippen molar-refractivity contribution in [3.05, 3.63) is 203 Å². The maximum Gasteiger partial charge on any atom is 0.0505 e. The Bertz CT molecular complexity index is 2190. The minimum atomic E-state index is -0.200. The van der Waals surface area contributed by atoms with Crippen molar-refractivity contribution < 1.29 is 0 Å². The zero-order valence-corrected chi connectivity index (χ0v) is 33.9. The molecule has 9 rings (SSSR count). The van der Waals surface area contributed by atoms with Gasteiger partial charge in [-0.05, 0) is 141 Å². The van der Waals surface area contributed by atoms with Crippen LogP contribution in [0.2, 0.25) is 0 Å². The molecule has 2 aliphatic heterocycles. The van der Waals surface area contributed by atoms with E-state index in [2.05, 4.69) is 221 Å². The molecule has 6 aromatic rings. The van der Waals surface area contributed by atoms with E-state index in [4.69, 9.17) is 0 Å². The number of nitrogens with zero attached hydrogens (tertiary/aromatic N) is 2. The standard InChI is InChI=1S/C54H54N2/c1-7-33-52(5)43-17-9-13-21-47(43)55(48-22-14-10-18-44(48)52)41-29-25-39(26-30-41)54(37-35-51(3,4)36-38-54)40-27-31-42(32-28-40)56-49-23-15-11-19-45(49)53(6,34-8-2)46-20-12-16-24-50(46)56/h7-34H,35-38H2,1-6H3/b33-7+,34-8+. The summed E-state index contributed by atoms with van der Waals surface area (Å²) in [7, 11) is 0. The van der Waals surface area contributed by atoms with Gasteiger partial charge >= 0.3 is 0 Å². The molecule has 0 radical (unpaired) electrons. The zero-order chi connectivity index (χ0) is 38.7. The number of para-hydroxylation sites is 4. The SMILES string of the molecule is C/C=C/C1(C)c2ccccc2N(c2ccc(C3(c4ccc(N5c6ccccc6C(C)(/C=C/C)c6ccccc65)cc4)CCC(C)(C)CC3)cc2)c2ccccc21. The Balaban J connectivity index is 1.12. The second-order valence-electron chi connectivity index (χ2n) is 17.5. The summed E-state index contributed by atoms with van der Waals surface area (Å²) in [6.45, 7) is 13.9. The van der Waals surface area contributed by atoms with E-state index in [-0.39, 0.29) is 16.2 Å². The summed E-state index contributed by atoms with van der Waals surface area (Å²) in [6.07, 6.45) is 13.8. The van der Waals surface area contributed by atoms with Crippen molar-refractivity contribution in [3.8, 4) is 0 Å². The predicted molar refractivity (Wildman–Crippen MR) is 238 cm³/mol. The smallest absolute Gasteiger partial charge is 0.0505 e. The number of allylic oxidation sites excluding steroid dienone is 4. The van der Waals surface area contributed by atoms with Crippen LogP contribution in [0.1, 0.15) is 101 Å². The molecule has 0 bridgehead atoms. The van der Waals surface area contributed by atoms with Crippen LogP contribution in [0.5, 0.6) is 0 Å². The Labute approximate surface area is 334 Å². The van der Waals surface area contributed by atoms with Crippen molar-refractivity contribution >= 4 is 34.1 Å². The molecule has 0 spiro atoms. The Hall–Kier alpha value is -5.60. The molecule has 2 nitrogen and oxygen atoms in total. The van der Waals surface area contributed by atoms with Gasteiger partial charge in [0.15, 0.2) is 0 Å². The van der Waals surface area contributed by atoms with E-state index in [9.17, 15) is 0 Å². The van der Waals surface area contributed by atoms with Crippen LogP contribution in [0.3, 0.4) is 0 Å². The van der Waals surface area contributed by atoms with Gasteiger partial charge in [0.1, 0.15) is 0 Å². The summed E-state index contributed by atoms with van der Waals surface area (Å²) in [5.74, 6) is 0. The first-order valence-corrected chi connectivity index (χ1v) is 20.6. The van der Waals surface area contributed by atoms with Gasteiger partial charge in [-0.15, -0.1) is 0 Å². The van der Waals surface area contributed by atoms with Gasteiger partial charge in [-0.1, -0.05) is 135 Å². The normalized spacial score (nSPS) is 18.6. The third kappa shape index (κ3) is 5.52. The Morgan fingerprint density at radius 3 is 1.00 bits per heavy atom. The predicted octanol–water partition coefficient (Wildman–Crippen LogP) is 14.9. The van der Waals surface area contributed by atoms with E-state index in [1.807, 2.05) is 0 Å². The molecule has 1 fully saturated rings. The molecular weight excluding hydrogens is 677 g/mol. The lowest BCUT2D eigenvalue weighted by molar-refractivity contribution is 0.185. The lowest BCUT2D eigenvalue weighted by Crippen LogP contribution is -2.36. The molecule has 0 aromatic heterocycles. The van der Waals surface area contributed by atoms with Crippen molar-refractivity contribution in [2.45, 2.75) is 83.5 Å². The van der Waals surface area contributed by atoms with Crippen molar-refractivity contribution in [2.24, 2.45) is 5.41 Å². The summed E-state index contributed by atoms with van der Waals surface area (Å²) < 4.78 is 0. The first-order valence-electron chi connectivity index (χ1n) is 20.6. The van der Waals surface area contributed by atoms with E-state index >= 15 is 0 Å². The topological polar surface area (TPSA) is 6.48 Å². The first-order chi connectivity index (χ1) is 27.1. The monoisotopic (exact) mass is 730 g/mol. The minimum Gasteiger partial charge on any atom is -0.310 e. The highest BCUT2D eigenvalue weighted by atomic mass is 15.2. The second kappa shape index (κ2) is 13.6. The van der Waals surface area contributed by atoms with Crippen LogP contribution in [0.4, 0.5) is 34.1 Å². The average molecular weight is 731 g/mol. The molecule has 0 N–H and O–H groups in total. The molecule has 56 heavy (non-hydrogen) atoms. The van der Waals surface area contributed by atoms with Crippen LogP contribution in [0.15, 0.2) is 170 Å². The van der Waals surface area contributed by atoms with Crippen LogP contribution < -0.4 is 9.80 Å². The average Bonchev–Trinajstić information content (AvgIpc) is 3.22. The number of rotatable bonds is 6. The lowest BCUT2D eigenvalue weighted by Gasteiger charge is -2.45. The Morgan fingerprint density at radius 2 is 0.696 bits per heavy atom. The third-order valence-electron chi connectivity index (χ3n) is 13.6. The summed E-state index contributed by atoms with van der Waals surface area (Å²) in [6, 6.07) is 55.0. The molecule has 0 atom stereocenters. The minimum absolute atomic E-state index is 0.0585. The van der Waals surface area contributed by atoms with Crippen molar-refractivity contribution in [1.29, 1.82) is 0 Å². The number of benzene rings is 6. The van der Waals surface area contributed by atoms with E-state index in [0.717, 1.165) is 12.8 Å². The van der Waals surface area contributed by atoms with Gasteiger partial charge in [0.2, 0.25) is 0 Å². The molecule has 2 heterocycles. The van der Waals surface area contributed by atoms with Gasteiger partial charge in [-0.2, -0.15) is 0 Å². The van der Waals surface area contributed by atoms with Gasteiger partial charge < -0.3 is 9.80 Å². The zero-order valence-electron chi connectivity index (χ0n) is 33.9. The number of anilines is 6. The van der Waals surface area contributed by atoms with Gasteiger partial charge in [0.25, 0.3) is 0 Å². The summed E-state index contributed by atoms with van der Waals surface area (Å²) in [4.78, 5) is 4.95. The van der Waals surface area contributed by atoms with Gasteiger partial charge in [-0.25, -0.2) is 0 Å². The van der Waals surface area contributed by atoms with Crippen LogP contribution in [-0.2, 0) is 16.2 Å². The molecule has 280 valence electrons. The highest BCUT2D eigenvalue weighted by molar-refractivity contribution is 5.88. The fourth-order valence-corrected chi connectivity index (χ4v) is 10.5. The third-order valence-corrected chi connectivity index (χ3v) is 13.6. The lowest BCUT2D eigenvalue weighted by atomic mass is 9.59. The first kappa shape index (κ1) is 36.1. The Kier molecular flexibility index (Phi) is 8.73. The van der Waals surface area contributed by atoms with Crippen molar-refractivity contribution in [3.63, 3.8) is 0 Å². The van der Waals surface area contributed by atoms with Crippen LogP contribution >= 0.6 is 0 Å². The fourth-order valence-electron chi connectivity index (χ4n) is 10.5.